The third-order valence-corrected chi connectivity index (χ3v) is 3.86. The van der Waals surface area contributed by atoms with Gasteiger partial charge in [0.25, 0.3) is 5.91 Å². The summed E-state index contributed by atoms with van der Waals surface area (Å²) < 4.78 is 5.19. The predicted molar refractivity (Wildman–Crippen MR) is 80.2 cm³/mol. The quantitative estimate of drug-likeness (QED) is 0.896. The van der Waals surface area contributed by atoms with E-state index in [1.165, 1.54) is 12.8 Å². The second-order valence-corrected chi connectivity index (χ2v) is 5.29. The van der Waals surface area contributed by atoms with Crippen molar-refractivity contribution in [2.45, 2.75) is 19.8 Å². The summed E-state index contributed by atoms with van der Waals surface area (Å²) in [6.07, 6.45) is 2.41. The number of hydrogen-bond acceptors (Lipinski definition) is 3. The first-order chi connectivity index (χ1) is 9.74. The molecular formula is C16H24N2O2. The van der Waals surface area contributed by atoms with Crippen LogP contribution in [-0.4, -0.2) is 44.1 Å². The average molecular weight is 276 g/mol. The van der Waals surface area contributed by atoms with Crippen LogP contribution in [0.2, 0.25) is 0 Å². The Bertz CT molecular complexity index is 442. The van der Waals surface area contributed by atoms with Gasteiger partial charge in [-0.05, 0) is 57.0 Å². The maximum absolute atomic E-state index is 12.6. The van der Waals surface area contributed by atoms with Crippen LogP contribution in [0.3, 0.4) is 0 Å². The Labute approximate surface area is 121 Å². The second kappa shape index (κ2) is 7.29. The van der Waals surface area contributed by atoms with E-state index < -0.39 is 0 Å². The SMILES string of the molecule is CCN(CC1CCCNC1)C(=O)c1cccc(OC)c1. The van der Waals surface area contributed by atoms with Gasteiger partial charge in [0.2, 0.25) is 0 Å². The highest BCUT2D eigenvalue weighted by Crippen LogP contribution is 2.17. The molecule has 0 bridgehead atoms. The summed E-state index contributed by atoms with van der Waals surface area (Å²) in [6.45, 7) is 5.73. The maximum atomic E-state index is 12.6. The molecule has 1 N–H and O–H groups in total. The normalized spacial score (nSPS) is 18.6. The van der Waals surface area contributed by atoms with Gasteiger partial charge in [-0.25, -0.2) is 0 Å². The molecule has 1 aromatic carbocycles. The van der Waals surface area contributed by atoms with Crippen molar-refractivity contribution in [2.75, 3.05) is 33.3 Å². The monoisotopic (exact) mass is 276 g/mol. The minimum Gasteiger partial charge on any atom is -0.497 e. The van der Waals surface area contributed by atoms with Crippen LogP contribution in [0, 0.1) is 5.92 Å². The lowest BCUT2D eigenvalue weighted by Gasteiger charge is -2.29. The number of amides is 1. The summed E-state index contributed by atoms with van der Waals surface area (Å²) in [6, 6.07) is 7.39. The molecule has 0 saturated carbocycles. The van der Waals surface area contributed by atoms with Crippen molar-refractivity contribution in [1.82, 2.24) is 10.2 Å². The maximum Gasteiger partial charge on any atom is 0.253 e. The van der Waals surface area contributed by atoms with Crippen molar-refractivity contribution in [2.24, 2.45) is 5.92 Å². The molecule has 4 nitrogen and oxygen atoms in total. The lowest BCUT2D eigenvalue weighted by atomic mass is 9.98. The zero-order valence-corrected chi connectivity index (χ0v) is 12.4. The highest BCUT2D eigenvalue weighted by molar-refractivity contribution is 5.94. The largest absolute Gasteiger partial charge is 0.497 e. The molecule has 1 unspecified atom stereocenters. The topological polar surface area (TPSA) is 41.6 Å². The molecule has 1 amide bonds. The smallest absolute Gasteiger partial charge is 0.253 e. The first kappa shape index (κ1) is 14.9. The Hall–Kier alpha value is -1.55. The van der Waals surface area contributed by atoms with E-state index in [0.29, 0.717) is 11.5 Å². The van der Waals surface area contributed by atoms with Gasteiger partial charge in [0.1, 0.15) is 5.75 Å². The number of rotatable bonds is 5. The number of benzene rings is 1. The summed E-state index contributed by atoms with van der Waals surface area (Å²) in [5.41, 5.74) is 0.704. The summed E-state index contributed by atoms with van der Waals surface area (Å²) in [7, 11) is 1.62. The first-order valence-electron chi connectivity index (χ1n) is 7.38. The van der Waals surface area contributed by atoms with Crippen molar-refractivity contribution < 1.29 is 9.53 Å². The van der Waals surface area contributed by atoms with Gasteiger partial charge in [0.05, 0.1) is 7.11 Å². The third-order valence-electron chi connectivity index (χ3n) is 3.86. The Morgan fingerprint density at radius 2 is 2.35 bits per heavy atom. The minimum atomic E-state index is 0.0944. The van der Waals surface area contributed by atoms with Gasteiger partial charge in [0.15, 0.2) is 0 Å². The highest BCUT2D eigenvalue weighted by atomic mass is 16.5. The number of carbonyl (C=O) groups is 1. The zero-order valence-electron chi connectivity index (χ0n) is 12.4. The van der Waals surface area contributed by atoms with E-state index in [4.69, 9.17) is 4.74 Å². The molecule has 110 valence electrons. The molecule has 0 radical (unpaired) electrons. The van der Waals surface area contributed by atoms with Crippen molar-refractivity contribution in [1.29, 1.82) is 0 Å². The Morgan fingerprint density at radius 3 is 3.00 bits per heavy atom. The third kappa shape index (κ3) is 3.73. The molecule has 1 heterocycles. The van der Waals surface area contributed by atoms with Gasteiger partial charge in [-0.15, -0.1) is 0 Å². The summed E-state index contributed by atoms with van der Waals surface area (Å²) >= 11 is 0. The molecule has 0 aliphatic carbocycles. The Kier molecular flexibility index (Phi) is 5.41. The van der Waals surface area contributed by atoms with Crippen molar-refractivity contribution in [3.8, 4) is 5.75 Å². The van der Waals surface area contributed by atoms with Crippen LogP contribution in [-0.2, 0) is 0 Å². The molecule has 4 heteroatoms. The highest BCUT2D eigenvalue weighted by Gasteiger charge is 2.20. The van der Waals surface area contributed by atoms with Gasteiger partial charge in [-0.3, -0.25) is 4.79 Å². The van der Waals surface area contributed by atoms with E-state index in [9.17, 15) is 4.79 Å². The molecule has 1 fully saturated rings. The molecular weight excluding hydrogens is 252 g/mol. The molecule has 20 heavy (non-hydrogen) atoms. The molecule has 1 atom stereocenters. The molecule has 2 rings (SSSR count). The lowest BCUT2D eigenvalue weighted by Crippen LogP contribution is -2.41. The van der Waals surface area contributed by atoms with E-state index in [1.54, 1.807) is 7.11 Å². The van der Waals surface area contributed by atoms with E-state index in [2.05, 4.69) is 5.32 Å². The number of hydrogen-bond donors (Lipinski definition) is 1. The van der Waals surface area contributed by atoms with Crippen LogP contribution in [0.4, 0.5) is 0 Å². The first-order valence-corrected chi connectivity index (χ1v) is 7.38. The second-order valence-electron chi connectivity index (χ2n) is 5.29. The summed E-state index contributed by atoms with van der Waals surface area (Å²) in [4.78, 5) is 14.5. The molecule has 1 aromatic rings. The average Bonchev–Trinajstić information content (AvgIpc) is 2.53. The van der Waals surface area contributed by atoms with Crippen LogP contribution < -0.4 is 10.1 Å². The van der Waals surface area contributed by atoms with Crippen molar-refractivity contribution in [3.05, 3.63) is 29.8 Å². The fourth-order valence-corrected chi connectivity index (χ4v) is 2.69. The van der Waals surface area contributed by atoms with Crippen LogP contribution in [0.25, 0.3) is 0 Å². The lowest BCUT2D eigenvalue weighted by molar-refractivity contribution is 0.0728. The summed E-state index contributed by atoms with van der Waals surface area (Å²) in [5, 5.41) is 3.40. The number of nitrogens with zero attached hydrogens (tertiary/aromatic N) is 1. The number of methoxy groups -OCH3 is 1. The molecule has 1 saturated heterocycles. The van der Waals surface area contributed by atoms with Crippen LogP contribution in [0.15, 0.2) is 24.3 Å². The Balaban J connectivity index is 2.03. The molecule has 1 aliphatic heterocycles. The van der Waals surface area contributed by atoms with Gasteiger partial charge >= 0.3 is 0 Å². The van der Waals surface area contributed by atoms with E-state index >= 15 is 0 Å². The molecule has 0 aromatic heterocycles. The van der Waals surface area contributed by atoms with Gasteiger partial charge in [0, 0.05) is 18.7 Å². The number of carbonyl (C=O) groups excluding carboxylic acids is 1. The van der Waals surface area contributed by atoms with Crippen LogP contribution in [0.5, 0.6) is 5.75 Å². The van der Waals surface area contributed by atoms with Crippen molar-refractivity contribution >= 4 is 5.91 Å². The number of ether oxygens (including phenoxy) is 1. The molecule has 0 spiro atoms. The molecule has 1 aliphatic rings. The van der Waals surface area contributed by atoms with Crippen molar-refractivity contribution in [3.63, 3.8) is 0 Å². The van der Waals surface area contributed by atoms with Crippen LogP contribution in [0.1, 0.15) is 30.1 Å². The summed E-state index contributed by atoms with van der Waals surface area (Å²) in [5.74, 6) is 1.39. The van der Waals surface area contributed by atoms with Gasteiger partial charge in [-0.1, -0.05) is 6.07 Å². The fraction of sp³-hybridized carbons (Fsp3) is 0.562. The Morgan fingerprint density at radius 1 is 1.50 bits per heavy atom. The van der Waals surface area contributed by atoms with Gasteiger partial charge < -0.3 is 15.0 Å². The van der Waals surface area contributed by atoms with E-state index in [0.717, 1.165) is 31.9 Å². The standard InChI is InChI=1S/C16H24N2O2/c1-3-18(12-13-6-5-9-17-11-13)16(19)14-7-4-8-15(10-14)20-2/h4,7-8,10,13,17H,3,5-6,9,11-12H2,1-2H3. The van der Waals surface area contributed by atoms with E-state index in [1.807, 2.05) is 36.1 Å². The van der Waals surface area contributed by atoms with E-state index in [-0.39, 0.29) is 5.91 Å². The van der Waals surface area contributed by atoms with Gasteiger partial charge in [-0.2, -0.15) is 0 Å². The van der Waals surface area contributed by atoms with Crippen LogP contribution >= 0.6 is 0 Å². The minimum absolute atomic E-state index is 0.0944. The number of nitrogens with one attached hydrogen (secondary N) is 1. The number of piperidine rings is 1. The predicted octanol–water partition coefficient (Wildman–Crippen LogP) is 2.16. The fourth-order valence-electron chi connectivity index (χ4n) is 2.69. The zero-order chi connectivity index (χ0) is 14.4.